The highest BCUT2D eigenvalue weighted by Crippen LogP contribution is 2.29. The number of anilines is 2. The quantitative estimate of drug-likeness (QED) is 0.677. The number of nitrogens with zero attached hydrogens (tertiary/aromatic N) is 3. The van der Waals surface area contributed by atoms with E-state index in [1.54, 1.807) is 0 Å². The number of benzene rings is 1. The molecule has 7 nitrogen and oxygen atoms in total. The van der Waals surface area contributed by atoms with Gasteiger partial charge in [0.1, 0.15) is 17.1 Å². The summed E-state index contributed by atoms with van der Waals surface area (Å²) in [7, 11) is 1.27. The molecule has 0 atom stereocenters. The van der Waals surface area contributed by atoms with Gasteiger partial charge in [-0.05, 0) is 63.7 Å². The number of aromatic nitrogens is 2. The Morgan fingerprint density at radius 1 is 1.19 bits per heavy atom. The van der Waals surface area contributed by atoms with Crippen LogP contribution in [0.3, 0.4) is 0 Å². The number of halogens is 2. The number of likely N-dealkylation sites (tertiary alicyclic amines) is 1. The number of nitrogens with two attached hydrogens (primary N) is 1. The molecule has 31 heavy (non-hydrogen) atoms. The Labute approximate surface area is 180 Å². The molecule has 2 fully saturated rings. The van der Waals surface area contributed by atoms with E-state index in [4.69, 9.17) is 10.5 Å². The first-order valence-corrected chi connectivity index (χ1v) is 10.7. The van der Waals surface area contributed by atoms with E-state index in [9.17, 15) is 13.6 Å². The van der Waals surface area contributed by atoms with Gasteiger partial charge in [0.05, 0.1) is 12.7 Å². The van der Waals surface area contributed by atoms with E-state index in [0.29, 0.717) is 12.0 Å². The zero-order chi connectivity index (χ0) is 22.0. The van der Waals surface area contributed by atoms with Crippen molar-refractivity contribution in [3.63, 3.8) is 0 Å². The first kappa shape index (κ1) is 21.4. The lowest BCUT2D eigenvalue weighted by Crippen LogP contribution is -2.39. The van der Waals surface area contributed by atoms with Gasteiger partial charge in [0.2, 0.25) is 11.7 Å². The monoisotopic (exact) mass is 431 g/mol. The summed E-state index contributed by atoms with van der Waals surface area (Å²) in [4.78, 5) is 23.8. The molecule has 0 amide bonds. The van der Waals surface area contributed by atoms with Gasteiger partial charge >= 0.3 is 0 Å². The first-order chi connectivity index (χ1) is 15.0. The number of rotatable bonds is 6. The molecule has 9 heteroatoms. The topological polar surface area (TPSA) is 93.4 Å². The molecule has 0 radical (unpaired) electrons. The van der Waals surface area contributed by atoms with E-state index in [2.05, 4.69) is 20.2 Å². The molecule has 1 aromatic heterocycles. The van der Waals surface area contributed by atoms with E-state index in [0.717, 1.165) is 31.7 Å². The van der Waals surface area contributed by atoms with Crippen LogP contribution < -0.4 is 15.8 Å². The SMILES string of the molecule is COc1ccc(F)c(F)c1C(=O)c1cnc(N[C@H]2CC[C@H](N3CCCC3)CC2)nc1N. The minimum Gasteiger partial charge on any atom is -0.496 e. The molecule has 1 aromatic carbocycles. The Morgan fingerprint density at radius 2 is 1.90 bits per heavy atom. The zero-order valence-corrected chi connectivity index (χ0v) is 17.5. The summed E-state index contributed by atoms with van der Waals surface area (Å²) in [6.45, 7) is 2.41. The summed E-state index contributed by atoms with van der Waals surface area (Å²) >= 11 is 0. The van der Waals surface area contributed by atoms with Crippen molar-refractivity contribution in [2.24, 2.45) is 0 Å². The van der Waals surface area contributed by atoms with Gasteiger partial charge in [-0.25, -0.2) is 13.8 Å². The van der Waals surface area contributed by atoms with E-state index in [-0.39, 0.29) is 23.2 Å². The molecule has 166 valence electrons. The number of nitrogen functional groups attached to an aromatic ring is 1. The van der Waals surface area contributed by atoms with Crippen LogP contribution in [0, 0.1) is 11.6 Å². The van der Waals surface area contributed by atoms with Gasteiger partial charge < -0.3 is 20.7 Å². The fourth-order valence-electron chi connectivity index (χ4n) is 4.56. The molecule has 0 spiro atoms. The Bertz CT molecular complexity index is 957. The summed E-state index contributed by atoms with van der Waals surface area (Å²) in [5.74, 6) is -3.12. The van der Waals surface area contributed by atoms with Crippen molar-refractivity contribution in [2.45, 2.75) is 50.6 Å². The number of hydrogen-bond donors (Lipinski definition) is 2. The summed E-state index contributed by atoms with van der Waals surface area (Å²) in [6.07, 6.45) is 8.11. The zero-order valence-electron chi connectivity index (χ0n) is 17.5. The van der Waals surface area contributed by atoms with Crippen LogP contribution in [0.1, 0.15) is 54.4 Å². The van der Waals surface area contributed by atoms with Crippen molar-refractivity contribution < 1.29 is 18.3 Å². The van der Waals surface area contributed by atoms with Gasteiger partial charge in [0.25, 0.3) is 0 Å². The van der Waals surface area contributed by atoms with E-state index in [1.807, 2.05) is 0 Å². The molecule has 0 unspecified atom stereocenters. The van der Waals surface area contributed by atoms with Crippen molar-refractivity contribution in [3.8, 4) is 5.75 Å². The molecule has 1 saturated heterocycles. The minimum absolute atomic E-state index is 0.0831. The Kier molecular flexibility index (Phi) is 6.31. The van der Waals surface area contributed by atoms with Crippen molar-refractivity contribution >= 4 is 17.5 Å². The van der Waals surface area contributed by atoms with Crippen LogP contribution in [0.2, 0.25) is 0 Å². The molecule has 1 aliphatic carbocycles. The minimum atomic E-state index is -1.29. The molecule has 2 aliphatic rings. The van der Waals surface area contributed by atoms with Crippen LogP contribution in [0.4, 0.5) is 20.5 Å². The van der Waals surface area contributed by atoms with Gasteiger partial charge in [0.15, 0.2) is 11.6 Å². The van der Waals surface area contributed by atoms with Gasteiger partial charge in [0, 0.05) is 18.3 Å². The maximum absolute atomic E-state index is 14.3. The Hall–Kier alpha value is -2.81. The first-order valence-electron chi connectivity index (χ1n) is 10.7. The van der Waals surface area contributed by atoms with Crippen molar-refractivity contribution in [1.29, 1.82) is 0 Å². The average molecular weight is 431 g/mol. The van der Waals surface area contributed by atoms with Crippen molar-refractivity contribution in [3.05, 3.63) is 41.1 Å². The average Bonchev–Trinajstić information content (AvgIpc) is 3.31. The van der Waals surface area contributed by atoms with Gasteiger partial charge in [-0.1, -0.05) is 0 Å². The van der Waals surface area contributed by atoms with Gasteiger partial charge in [-0.15, -0.1) is 0 Å². The van der Waals surface area contributed by atoms with Crippen LogP contribution in [-0.4, -0.2) is 52.9 Å². The molecule has 3 N–H and O–H groups in total. The van der Waals surface area contributed by atoms with Crippen molar-refractivity contribution in [2.75, 3.05) is 31.2 Å². The number of hydrogen-bond acceptors (Lipinski definition) is 7. The van der Waals surface area contributed by atoms with E-state index >= 15 is 0 Å². The molecule has 2 heterocycles. The standard InChI is InChI=1S/C22H27F2N5O2/c1-31-17-9-8-16(23)19(24)18(17)20(30)15-12-26-22(28-21(15)25)27-13-4-6-14(7-5-13)29-10-2-3-11-29/h8-9,12-14H,2-7,10-11H2,1H3,(H3,25,26,27,28)/t13-,14-. The molecular formula is C22H27F2N5O2. The second kappa shape index (κ2) is 9.13. The number of carbonyl (C=O) groups is 1. The summed E-state index contributed by atoms with van der Waals surface area (Å²) < 4.78 is 32.9. The van der Waals surface area contributed by atoms with Crippen LogP contribution in [0.5, 0.6) is 5.75 Å². The molecule has 1 saturated carbocycles. The van der Waals surface area contributed by atoms with Gasteiger partial charge in [-0.3, -0.25) is 4.79 Å². The van der Waals surface area contributed by atoms with Crippen LogP contribution in [0.15, 0.2) is 18.3 Å². The predicted octanol–water partition coefficient (Wildman–Crippen LogP) is 3.40. The fourth-order valence-corrected chi connectivity index (χ4v) is 4.56. The molecule has 1 aliphatic heterocycles. The number of nitrogens with one attached hydrogen (secondary N) is 1. The predicted molar refractivity (Wildman–Crippen MR) is 113 cm³/mol. The highest BCUT2D eigenvalue weighted by molar-refractivity contribution is 6.13. The third-order valence-corrected chi connectivity index (χ3v) is 6.25. The second-order valence-electron chi connectivity index (χ2n) is 8.15. The number of ether oxygens (including phenoxy) is 1. The maximum atomic E-state index is 14.3. The fraction of sp³-hybridized carbons (Fsp3) is 0.500. The van der Waals surface area contributed by atoms with Crippen LogP contribution in [0.25, 0.3) is 0 Å². The van der Waals surface area contributed by atoms with E-state index in [1.165, 1.54) is 45.3 Å². The van der Waals surface area contributed by atoms with Crippen molar-refractivity contribution in [1.82, 2.24) is 14.9 Å². The lowest BCUT2D eigenvalue weighted by Gasteiger charge is -2.34. The lowest BCUT2D eigenvalue weighted by atomic mass is 9.90. The maximum Gasteiger partial charge on any atom is 0.224 e. The largest absolute Gasteiger partial charge is 0.496 e. The van der Waals surface area contributed by atoms with Crippen LogP contribution in [-0.2, 0) is 0 Å². The molecule has 2 aromatic rings. The molecule has 4 rings (SSSR count). The number of methoxy groups -OCH3 is 1. The normalized spacial score (nSPS) is 21.8. The second-order valence-corrected chi connectivity index (χ2v) is 8.15. The van der Waals surface area contributed by atoms with Gasteiger partial charge in [-0.2, -0.15) is 4.98 Å². The highest BCUT2D eigenvalue weighted by atomic mass is 19.2. The summed E-state index contributed by atoms with van der Waals surface area (Å²) in [6, 6.07) is 2.98. The molecular weight excluding hydrogens is 404 g/mol. The molecule has 0 bridgehead atoms. The Morgan fingerprint density at radius 3 is 2.55 bits per heavy atom. The summed E-state index contributed by atoms with van der Waals surface area (Å²) in [5.41, 5.74) is 5.34. The summed E-state index contributed by atoms with van der Waals surface area (Å²) in [5, 5.41) is 3.29. The third-order valence-electron chi connectivity index (χ3n) is 6.25. The van der Waals surface area contributed by atoms with E-state index < -0.39 is 23.0 Å². The smallest absolute Gasteiger partial charge is 0.224 e. The number of carbonyl (C=O) groups excluding carboxylic acids is 1. The van der Waals surface area contributed by atoms with Crippen LogP contribution >= 0.6 is 0 Å². The lowest BCUT2D eigenvalue weighted by molar-refractivity contribution is 0.103. The third kappa shape index (κ3) is 4.46. The highest BCUT2D eigenvalue weighted by Gasteiger charge is 2.28. The Balaban J connectivity index is 1.44. The number of ketones is 1.